The van der Waals surface area contributed by atoms with Crippen LogP contribution >= 0.6 is 0 Å². The Labute approximate surface area is 115 Å². The Bertz CT molecular complexity index is 401. The molecule has 0 amide bonds. The molecule has 2 rings (SSSR count). The summed E-state index contributed by atoms with van der Waals surface area (Å²) >= 11 is 0. The van der Waals surface area contributed by atoms with Crippen molar-refractivity contribution in [1.82, 2.24) is 4.90 Å². The third-order valence-corrected chi connectivity index (χ3v) is 3.59. The summed E-state index contributed by atoms with van der Waals surface area (Å²) in [5.41, 5.74) is 7.21. The average Bonchev–Trinajstić information content (AvgIpc) is 2.39. The van der Waals surface area contributed by atoms with Gasteiger partial charge >= 0.3 is 0 Å². The molecule has 0 radical (unpaired) electrons. The minimum absolute atomic E-state index is 0.226. The maximum absolute atomic E-state index is 5.99. The molecule has 106 valence electrons. The lowest BCUT2D eigenvalue weighted by Gasteiger charge is -2.40. The van der Waals surface area contributed by atoms with E-state index in [1.807, 2.05) is 12.1 Å². The van der Waals surface area contributed by atoms with Crippen molar-refractivity contribution in [3.63, 3.8) is 0 Å². The molecule has 1 aromatic carbocycles. The first-order valence-electron chi connectivity index (χ1n) is 6.87. The van der Waals surface area contributed by atoms with E-state index in [0.717, 1.165) is 18.8 Å². The van der Waals surface area contributed by atoms with Crippen molar-refractivity contribution in [3.05, 3.63) is 29.8 Å². The highest BCUT2D eigenvalue weighted by Gasteiger charge is 2.28. The van der Waals surface area contributed by atoms with Gasteiger partial charge in [0.2, 0.25) is 0 Å². The van der Waals surface area contributed by atoms with Crippen LogP contribution in [-0.2, 0) is 4.74 Å². The van der Waals surface area contributed by atoms with Gasteiger partial charge in [0, 0.05) is 25.7 Å². The van der Waals surface area contributed by atoms with Gasteiger partial charge < -0.3 is 15.2 Å². The Morgan fingerprint density at radius 1 is 1.37 bits per heavy atom. The molecule has 1 heterocycles. The normalized spacial score (nSPS) is 26.1. The van der Waals surface area contributed by atoms with Gasteiger partial charge in [-0.3, -0.25) is 4.90 Å². The first-order chi connectivity index (χ1) is 9.13. The van der Waals surface area contributed by atoms with Crippen LogP contribution in [0.25, 0.3) is 0 Å². The van der Waals surface area contributed by atoms with E-state index in [2.05, 4.69) is 30.9 Å². The highest BCUT2D eigenvalue weighted by atomic mass is 16.5. The molecule has 1 fully saturated rings. The molecule has 3 atom stereocenters. The van der Waals surface area contributed by atoms with Crippen LogP contribution in [0.3, 0.4) is 0 Å². The van der Waals surface area contributed by atoms with E-state index in [0.29, 0.717) is 6.54 Å². The van der Waals surface area contributed by atoms with Crippen LogP contribution in [0, 0.1) is 0 Å². The third kappa shape index (κ3) is 3.47. The summed E-state index contributed by atoms with van der Waals surface area (Å²) in [5, 5.41) is 0. The number of nitrogens with zero attached hydrogens (tertiary/aromatic N) is 1. The van der Waals surface area contributed by atoms with E-state index >= 15 is 0 Å². The van der Waals surface area contributed by atoms with E-state index in [-0.39, 0.29) is 18.2 Å². The second kappa shape index (κ2) is 6.37. The lowest BCUT2D eigenvalue weighted by atomic mass is 10.0. The number of hydrogen-bond donors (Lipinski definition) is 1. The second-order valence-electron chi connectivity index (χ2n) is 5.24. The Hall–Kier alpha value is -1.10. The van der Waals surface area contributed by atoms with Gasteiger partial charge in [0.25, 0.3) is 0 Å². The Balaban J connectivity index is 2.18. The fraction of sp³-hybridized carbons (Fsp3) is 0.600. The minimum Gasteiger partial charge on any atom is -0.497 e. The summed E-state index contributed by atoms with van der Waals surface area (Å²) in [6.07, 6.45) is 0.506. The first kappa shape index (κ1) is 14.3. The molecule has 1 aromatic rings. The molecule has 1 saturated heterocycles. The summed E-state index contributed by atoms with van der Waals surface area (Å²) in [6, 6.07) is 8.39. The molecule has 0 unspecified atom stereocenters. The fourth-order valence-corrected chi connectivity index (χ4v) is 2.82. The highest BCUT2D eigenvalue weighted by molar-refractivity contribution is 5.30. The van der Waals surface area contributed by atoms with Crippen LogP contribution in [-0.4, -0.2) is 43.9 Å². The molecule has 19 heavy (non-hydrogen) atoms. The lowest BCUT2D eigenvalue weighted by molar-refractivity contribution is -0.0799. The maximum Gasteiger partial charge on any atom is 0.119 e. The van der Waals surface area contributed by atoms with Gasteiger partial charge in [-0.05, 0) is 31.5 Å². The maximum atomic E-state index is 5.99. The smallest absolute Gasteiger partial charge is 0.119 e. The van der Waals surface area contributed by atoms with Gasteiger partial charge in [0.1, 0.15) is 5.75 Å². The standard InChI is InChI=1S/C15H24N2O2/c1-11-9-17(10-12(2)19-11)15(8-16)13-5-4-6-14(7-13)18-3/h4-7,11-12,15H,8-10,16H2,1-3H3/t11-,12-,15+/m1/s1. The Morgan fingerprint density at radius 2 is 2.05 bits per heavy atom. The first-order valence-corrected chi connectivity index (χ1v) is 6.87. The fourth-order valence-electron chi connectivity index (χ4n) is 2.82. The number of morpholine rings is 1. The summed E-state index contributed by atoms with van der Waals surface area (Å²) < 4.78 is 11.1. The summed E-state index contributed by atoms with van der Waals surface area (Å²) in [5.74, 6) is 0.880. The molecular weight excluding hydrogens is 240 g/mol. The van der Waals surface area contributed by atoms with Gasteiger partial charge in [-0.15, -0.1) is 0 Å². The van der Waals surface area contributed by atoms with Crippen molar-refractivity contribution >= 4 is 0 Å². The molecule has 0 aromatic heterocycles. The van der Waals surface area contributed by atoms with E-state index in [1.165, 1.54) is 5.56 Å². The summed E-state index contributed by atoms with van der Waals surface area (Å²) in [4.78, 5) is 2.41. The van der Waals surface area contributed by atoms with Crippen molar-refractivity contribution in [1.29, 1.82) is 0 Å². The zero-order chi connectivity index (χ0) is 13.8. The van der Waals surface area contributed by atoms with Crippen molar-refractivity contribution in [2.45, 2.75) is 32.1 Å². The topological polar surface area (TPSA) is 47.7 Å². The second-order valence-corrected chi connectivity index (χ2v) is 5.24. The molecule has 4 nitrogen and oxygen atoms in total. The Kier molecular flexibility index (Phi) is 4.80. The molecule has 0 aliphatic carbocycles. The highest BCUT2D eigenvalue weighted by Crippen LogP contribution is 2.26. The molecular formula is C15H24N2O2. The molecule has 0 bridgehead atoms. The predicted octanol–water partition coefficient (Wildman–Crippen LogP) is 1.80. The molecule has 1 aliphatic rings. The molecule has 0 spiro atoms. The lowest BCUT2D eigenvalue weighted by Crippen LogP contribution is -2.48. The van der Waals surface area contributed by atoms with Crippen molar-refractivity contribution in [2.75, 3.05) is 26.7 Å². The minimum atomic E-state index is 0.226. The van der Waals surface area contributed by atoms with Crippen LogP contribution < -0.4 is 10.5 Å². The number of rotatable bonds is 4. The van der Waals surface area contributed by atoms with Crippen molar-refractivity contribution in [2.24, 2.45) is 5.73 Å². The number of methoxy groups -OCH3 is 1. The molecule has 0 saturated carbocycles. The van der Waals surface area contributed by atoms with Crippen LogP contribution in [0.4, 0.5) is 0 Å². The zero-order valence-corrected chi connectivity index (χ0v) is 12.0. The molecule has 2 N–H and O–H groups in total. The summed E-state index contributed by atoms with van der Waals surface area (Å²) in [7, 11) is 1.69. The number of benzene rings is 1. The quantitative estimate of drug-likeness (QED) is 0.901. The van der Waals surface area contributed by atoms with E-state index < -0.39 is 0 Å². The van der Waals surface area contributed by atoms with Gasteiger partial charge in [0.15, 0.2) is 0 Å². The average molecular weight is 264 g/mol. The molecule has 4 heteroatoms. The van der Waals surface area contributed by atoms with Crippen LogP contribution in [0.15, 0.2) is 24.3 Å². The van der Waals surface area contributed by atoms with E-state index in [1.54, 1.807) is 7.11 Å². The largest absolute Gasteiger partial charge is 0.497 e. The van der Waals surface area contributed by atoms with Crippen LogP contribution in [0.5, 0.6) is 5.75 Å². The predicted molar refractivity (Wildman–Crippen MR) is 76.4 cm³/mol. The third-order valence-electron chi connectivity index (χ3n) is 3.59. The Morgan fingerprint density at radius 3 is 2.63 bits per heavy atom. The van der Waals surface area contributed by atoms with Crippen LogP contribution in [0.2, 0.25) is 0 Å². The van der Waals surface area contributed by atoms with Gasteiger partial charge in [-0.1, -0.05) is 12.1 Å². The zero-order valence-electron chi connectivity index (χ0n) is 12.0. The molecule has 1 aliphatic heterocycles. The van der Waals surface area contributed by atoms with Gasteiger partial charge in [-0.2, -0.15) is 0 Å². The SMILES string of the molecule is COc1cccc([C@H](CN)N2C[C@@H](C)O[C@H](C)C2)c1. The number of nitrogens with two attached hydrogens (primary N) is 1. The van der Waals surface area contributed by atoms with Gasteiger partial charge in [-0.25, -0.2) is 0 Å². The van der Waals surface area contributed by atoms with Gasteiger partial charge in [0.05, 0.1) is 19.3 Å². The number of hydrogen-bond acceptors (Lipinski definition) is 4. The van der Waals surface area contributed by atoms with Crippen molar-refractivity contribution in [3.8, 4) is 5.75 Å². The summed E-state index contributed by atoms with van der Waals surface area (Å²) in [6.45, 7) is 6.67. The van der Waals surface area contributed by atoms with Crippen LogP contribution in [0.1, 0.15) is 25.5 Å². The monoisotopic (exact) mass is 264 g/mol. The van der Waals surface area contributed by atoms with Crippen molar-refractivity contribution < 1.29 is 9.47 Å². The number of ether oxygens (including phenoxy) is 2. The van der Waals surface area contributed by atoms with E-state index in [9.17, 15) is 0 Å². The van der Waals surface area contributed by atoms with E-state index in [4.69, 9.17) is 15.2 Å².